The van der Waals surface area contributed by atoms with Crippen molar-refractivity contribution in [1.82, 2.24) is 9.97 Å². The molecule has 4 aromatic rings. The molecule has 0 atom stereocenters. The molecule has 1 N–H and O–H groups in total. The lowest BCUT2D eigenvalue weighted by atomic mass is 10.2. The Hall–Kier alpha value is -2.86. The molecule has 0 spiro atoms. The number of aromatic amines is 1. The molecule has 0 aliphatic carbocycles. The number of hydrogen-bond donors (Lipinski definition) is 1. The average molecular weight is 338 g/mol. The molecule has 6 heteroatoms. The minimum atomic E-state index is -3.67. The first-order chi connectivity index (χ1) is 11.6. The number of H-pyrrole nitrogens is 1. The summed E-state index contributed by atoms with van der Waals surface area (Å²) in [4.78, 5) is 7.82. The first-order valence-corrected chi connectivity index (χ1v) is 8.83. The molecule has 24 heavy (non-hydrogen) atoms. The molecule has 0 bridgehead atoms. The molecule has 0 fully saturated rings. The summed E-state index contributed by atoms with van der Waals surface area (Å²) in [6, 6.07) is 15.8. The SMILES string of the molecule is COc1cccc(S(=O)(=O)c2cnc3[nH]c4ccccc4c3c2)c1. The molecule has 0 radical (unpaired) electrons. The third-order valence-corrected chi connectivity index (χ3v) is 5.71. The number of hydrogen-bond acceptors (Lipinski definition) is 4. The van der Waals surface area contributed by atoms with Crippen molar-refractivity contribution in [3.8, 4) is 5.75 Å². The predicted molar refractivity (Wildman–Crippen MR) is 92.0 cm³/mol. The summed E-state index contributed by atoms with van der Waals surface area (Å²) < 4.78 is 30.9. The van der Waals surface area contributed by atoms with Crippen molar-refractivity contribution in [3.63, 3.8) is 0 Å². The van der Waals surface area contributed by atoms with Crippen LogP contribution in [0.2, 0.25) is 0 Å². The van der Waals surface area contributed by atoms with Gasteiger partial charge in [-0.15, -0.1) is 0 Å². The standard InChI is InChI=1S/C18H14N2O3S/c1-23-12-5-4-6-13(9-12)24(21,22)14-10-16-15-7-2-3-8-17(15)20-18(16)19-11-14/h2-11H,1H3,(H,19,20). The number of para-hydroxylation sites is 1. The molecule has 0 aliphatic heterocycles. The number of nitrogens with zero attached hydrogens (tertiary/aromatic N) is 1. The van der Waals surface area contributed by atoms with Gasteiger partial charge in [0.25, 0.3) is 0 Å². The molecule has 0 saturated heterocycles. The Morgan fingerprint density at radius 3 is 2.62 bits per heavy atom. The number of pyridine rings is 1. The van der Waals surface area contributed by atoms with Crippen LogP contribution in [0.3, 0.4) is 0 Å². The van der Waals surface area contributed by atoms with Crippen molar-refractivity contribution in [2.75, 3.05) is 7.11 Å². The lowest BCUT2D eigenvalue weighted by Crippen LogP contribution is -2.03. The monoisotopic (exact) mass is 338 g/mol. The maximum Gasteiger partial charge on any atom is 0.208 e. The van der Waals surface area contributed by atoms with E-state index in [9.17, 15) is 8.42 Å². The van der Waals surface area contributed by atoms with E-state index in [0.717, 1.165) is 16.3 Å². The predicted octanol–water partition coefficient (Wildman–Crippen LogP) is 3.56. The van der Waals surface area contributed by atoms with Gasteiger partial charge in [-0.2, -0.15) is 0 Å². The van der Waals surface area contributed by atoms with Crippen molar-refractivity contribution in [3.05, 3.63) is 60.8 Å². The van der Waals surface area contributed by atoms with Gasteiger partial charge in [0.2, 0.25) is 9.84 Å². The Kier molecular flexibility index (Phi) is 3.28. The molecular formula is C18H14N2O3S. The van der Waals surface area contributed by atoms with Crippen LogP contribution in [-0.4, -0.2) is 25.5 Å². The lowest BCUT2D eigenvalue weighted by Gasteiger charge is -2.06. The van der Waals surface area contributed by atoms with Crippen LogP contribution in [0.25, 0.3) is 21.9 Å². The normalized spacial score (nSPS) is 11.9. The Bertz CT molecular complexity index is 1160. The Morgan fingerprint density at radius 1 is 0.958 bits per heavy atom. The highest BCUT2D eigenvalue weighted by Gasteiger charge is 2.20. The highest BCUT2D eigenvalue weighted by atomic mass is 32.2. The van der Waals surface area contributed by atoms with E-state index in [0.29, 0.717) is 11.4 Å². The van der Waals surface area contributed by atoms with Gasteiger partial charge in [-0.1, -0.05) is 24.3 Å². The quantitative estimate of drug-likeness (QED) is 0.620. The molecular weight excluding hydrogens is 324 g/mol. The molecule has 120 valence electrons. The summed E-state index contributed by atoms with van der Waals surface area (Å²) in [5, 5.41) is 1.73. The van der Waals surface area contributed by atoms with E-state index in [2.05, 4.69) is 9.97 Å². The van der Waals surface area contributed by atoms with Gasteiger partial charge in [0, 0.05) is 22.5 Å². The Labute approximate surface area is 138 Å². The van der Waals surface area contributed by atoms with Crippen LogP contribution in [0.1, 0.15) is 0 Å². The molecule has 0 saturated carbocycles. The van der Waals surface area contributed by atoms with E-state index in [1.165, 1.54) is 19.4 Å². The third kappa shape index (κ3) is 2.23. The zero-order valence-electron chi connectivity index (χ0n) is 12.9. The van der Waals surface area contributed by atoms with E-state index in [-0.39, 0.29) is 9.79 Å². The van der Waals surface area contributed by atoms with Crippen LogP contribution in [0, 0.1) is 0 Å². The van der Waals surface area contributed by atoms with Crippen molar-refractivity contribution < 1.29 is 13.2 Å². The van der Waals surface area contributed by atoms with Crippen molar-refractivity contribution in [1.29, 1.82) is 0 Å². The number of methoxy groups -OCH3 is 1. The maximum absolute atomic E-state index is 12.9. The van der Waals surface area contributed by atoms with Crippen molar-refractivity contribution in [2.24, 2.45) is 0 Å². The summed E-state index contributed by atoms with van der Waals surface area (Å²) in [5.74, 6) is 0.497. The number of rotatable bonds is 3. The number of ether oxygens (including phenoxy) is 1. The van der Waals surface area contributed by atoms with Gasteiger partial charge in [0.1, 0.15) is 11.4 Å². The first kappa shape index (κ1) is 14.7. The van der Waals surface area contributed by atoms with Crippen LogP contribution in [0.4, 0.5) is 0 Å². The lowest BCUT2D eigenvalue weighted by molar-refractivity contribution is 0.413. The molecule has 0 aliphatic rings. The summed E-state index contributed by atoms with van der Waals surface area (Å²) in [5.41, 5.74) is 1.59. The van der Waals surface area contributed by atoms with E-state index in [4.69, 9.17) is 4.74 Å². The van der Waals surface area contributed by atoms with E-state index in [1.54, 1.807) is 24.3 Å². The van der Waals surface area contributed by atoms with Crippen LogP contribution < -0.4 is 4.74 Å². The zero-order valence-corrected chi connectivity index (χ0v) is 13.7. The second-order valence-corrected chi connectivity index (χ2v) is 7.37. The minimum absolute atomic E-state index is 0.160. The summed E-state index contributed by atoms with van der Waals surface area (Å²) in [6.45, 7) is 0. The largest absolute Gasteiger partial charge is 0.497 e. The fourth-order valence-corrected chi connectivity index (χ4v) is 4.02. The maximum atomic E-state index is 12.9. The summed E-state index contributed by atoms with van der Waals surface area (Å²) in [6.07, 6.45) is 1.38. The topological polar surface area (TPSA) is 72.1 Å². The minimum Gasteiger partial charge on any atom is -0.497 e. The van der Waals surface area contributed by atoms with Crippen molar-refractivity contribution >= 4 is 31.8 Å². The van der Waals surface area contributed by atoms with Crippen molar-refractivity contribution in [2.45, 2.75) is 9.79 Å². The number of sulfone groups is 1. The molecule has 4 rings (SSSR count). The van der Waals surface area contributed by atoms with Gasteiger partial charge in [0.05, 0.1) is 16.9 Å². The van der Waals surface area contributed by atoms with Gasteiger partial charge in [0.15, 0.2) is 0 Å². The Morgan fingerprint density at radius 2 is 1.79 bits per heavy atom. The number of nitrogens with one attached hydrogen (secondary N) is 1. The van der Waals surface area contributed by atoms with Crippen LogP contribution in [0.15, 0.2) is 70.6 Å². The number of fused-ring (bicyclic) bond motifs is 3. The van der Waals surface area contributed by atoms with Crippen LogP contribution in [0.5, 0.6) is 5.75 Å². The van der Waals surface area contributed by atoms with Gasteiger partial charge in [-0.25, -0.2) is 13.4 Å². The molecule has 2 aromatic heterocycles. The smallest absolute Gasteiger partial charge is 0.208 e. The van der Waals surface area contributed by atoms with E-state index >= 15 is 0 Å². The highest BCUT2D eigenvalue weighted by molar-refractivity contribution is 7.91. The van der Waals surface area contributed by atoms with Gasteiger partial charge >= 0.3 is 0 Å². The second-order valence-electron chi connectivity index (χ2n) is 5.42. The van der Waals surface area contributed by atoms with E-state index in [1.807, 2.05) is 24.3 Å². The fourth-order valence-electron chi connectivity index (χ4n) is 2.76. The summed E-state index contributed by atoms with van der Waals surface area (Å²) in [7, 11) is -2.16. The average Bonchev–Trinajstić information content (AvgIpc) is 2.99. The van der Waals surface area contributed by atoms with Gasteiger partial charge in [-0.05, 0) is 30.3 Å². The molecule has 0 unspecified atom stereocenters. The van der Waals surface area contributed by atoms with Crippen LogP contribution >= 0.6 is 0 Å². The van der Waals surface area contributed by atoms with Gasteiger partial charge < -0.3 is 9.72 Å². The van der Waals surface area contributed by atoms with Crippen LogP contribution in [-0.2, 0) is 9.84 Å². The molecule has 2 heterocycles. The highest BCUT2D eigenvalue weighted by Crippen LogP contribution is 2.29. The summed E-state index contributed by atoms with van der Waals surface area (Å²) >= 11 is 0. The molecule has 5 nitrogen and oxygen atoms in total. The van der Waals surface area contributed by atoms with Gasteiger partial charge in [-0.3, -0.25) is 0 Å². The first-order valence-electron chi connectivity index (χ1n) is 7.35. The fraction of sp³-hybridized carbons (Fsp3) is 0.0556. The molecule has 2 aromatic carbocycles. The molecule has 0 amide bonds. The second kappa shape index (κ2) is 5.35. The number of benzene rings is 2. The zero-order chi connectivity index (χ0) is 16.7. The third-order valence-electron chi connectivity index (χ3n) is 3.99. The number of aromatic nitrogens is 2. The Balaban J connectivity index is 1.93. The van der Waals surface area contributed by atoms with E-state index < -0.39 is 9.84 Å².